The third kappa shape index (κ3) is 7.45. The molecule has 0 aliphatic carbocycles. The van der Waals surface area contributed by atoms with Gasteiger partial charge in [0.15, 0.2) is 28.8 Å². The Morgan fingerprint density at radius 2 is 1.32 bits per heavy atom. The van der Waals surface area contributed by atoms with Gasteiger partial charge in [0.1, 0.15) is 0 Å². The first kappa shape index (κ1) is 28.3. The zero-order chi connectivity index (χ0) is 27.0. The van der Waals surface area contributed by atoms with E-state index in [1.54, 1.807) is 36.4 Å². The van der Waals surface area contributed by atoms with Crippen molar-refractivity contribution in [2.24, 2.45) is 0 Å². The van der Waals surface area contributed by atoms with Crippen LogP contribution in [-0.2, 0) is 23.3 Å². The summed E-state index contributed by atoms with van der Waals surface area (Å²) in [5, 5.41) is 3.01. The molecule has 208 valence electrons. The van der Waals surface area contributed by atoms with Crippen molar-refractivity contribution in [2.45, 2.75) is 0 Å². The SMILES string of the molecule is COc1ccc(/C=C\c2cc(F)c(OC)c(OC)c2)cc1OP(=O)(ON1CCOCC1)ON1CCOCC1. The van der Waals surface area contributed by atoms with Crippen LogP contribution in [0, 0.1) is 5.82 Å². The van der Waals surface area contributed by atoms with E-state index in [9.17, 15) is 8.96 Å². The van der Waals surface area contributed by atoms with Gasteiger partial charge in [-0.05, 0) is 35.4 Å². The molecule has 0 bridgehead atoms. The van der Waals surface area contributed by atoms with Gasteiger partial charge < -0.3 is 28.2 Å². The van der Waals surface area contributed by atoms with Gasteiger partial charge in [0.05, 0.1) is 47.8 Å². The molecule has 2 aromatic rings. The lowest BCUT2D eigenvalue weighted by Gasteiger charge is -2.32. The van der Waals surface area contributed by atoms with Crippen LogP contribution >= 0.6 is 7.82 Å². The van der Waals surface area contributed by atoms with Crippen LogP contribution in [0.25, 0.3) is 12.2 Å². The number of methoxy groups -OCH3 is 3. The number of hydrogen-bond acceptors (Lipinski definition) is 11. The number of nitrogens with zero attached hydrogens (tertiary/aromatic N) is 2. The Balaban J connectivity index is 1.58. The number of hydroxylamine groups is 4. The fourth-order valence-electron chi connectivity index (χ4n) is 3.80. The first-order valence-corrected chi connectivity index (χ1v) is 13.5. The molecule has 0 spiro atoms. The molecule has 2 heterocycles. The van der Waals surface area contributed by atoms with Gasteiger partial charge in [0.25, 0.3) is 0 Å². The molecule has 2 aliphatic rings. The summed E-state index contributed by atoms with van der Waals surface area (Å²) in [5.41, 5.74) is 1.22. The van der Waals surface area contributed by atoms with Gasteiger partial charge >= 0.3 is 7.82 Å². The molecule has 2 saturated heterocycles. The van der Waals surface area contributed by atoms with Crippen LogP contribution in [0.15, 0.2) is 30.3 Å². The maximum atomic E-state index is 14.4. The second-order valence-corrected chi connectivity index (χ2v) is 9.67. The summed E-state index contributed by atoms with van der Waals surface area (Å²) >= 11 is 0. The topological polar surface area (TPSA) is 97.4 Å². The molecule has 13 heteroatoms. The van der Waals surface area contributed by atoms with Gasteiger partial charge in [0.2, 0.25) is 0 Å². The standard InChI is InChI=1S/C25H32FN2O9P/c1-30-22-7-6-19(4-5-20-16-21(26)25(32-3)24(18-20)31-2)17-23(22)35-38(29,36-27-8-12-33-13-9-27)37-28-10-14-34-15-11-28/h4-7,16-18H,8-15H2,1-3H3/b5-4-. The molecule has 2 aromatic carbocycles. The van der Waals surface area contributed by atoms with Crippen LogP contribution in [0.5, 0.6) is 23.0 Å². The van der Waals surface area contributed by atoms with Crippen molar-refractivity contribution >= 4 is 20.0 Å². The van der Waals surface area contributed by atoms with Crippen LogP contribution in [0.3, 0.4) is 0 Å². The monoisotopic (exact) mass is 554 g/mol. The molecule has 4 rings (SSSR count). The first-order chi connectivity index (χ1) is 18.4. The van der Waals surface area contributed by atoms with E-state index < -0.39 is 13.6 Å². The number of hydrogen-bond donors (Lipinski definition) is 0. The van der Waals surface area contributed by atoms with Crippen molar-refractivity contribution in [2.75, 3.05) is 73.9 Å². The van der Waals surface area contributed by atoms with E-state index in [-0.39, 0.29) is 17.2 Å². The molecule has 0 N–H and O–H groups in total. The number of phosphoric acid groups is 1. The summed E-state index contributed by atoms with van der Waals surface area (Å²) < 4.78 is 72.1. The first-order valence-electron chi connectivity index (χ1n) is 12.0. The largest absolute Gasteiger partial charge is 0.564 e. The molecule has 0 aromatic heterocycles. The molecule has 38 heavy (non-hydrogen) atoms. The number of rotatable bonds is 11. The van der Waals surface area contributed by atoms with Crippen molar-refractivity contribution in [3.05, 3.63) is 47.3 Å². The summed E-state index contributed by atoms with van der Waals surface area (Å²) in [6.07, 6.45) is 3.44. The Bertz CT molecular complexity index is 1130. The van der Waals surface area contributed by atoms with Crippen LogP contribution in [0.1, 0.15) is 11.1 Å². The molecule has 0 radical (unpaired) electrons. The van der Waals surface area contributed by atoms with Crippen molar-refractivity contribution < 1.29 is 46.4 Å². The fraction of sp³-hybridized carbons (Fsp3) is 0.440. The van der Waals surface area contributed by atoms with Gasteiger partial charge in [-0.3, -0.25) is 0 Å². The van der Waals surface area contributed by atoms with Crippen molar-refractivity contribution in [3.8, 4) is 23.0 Å². The minimum atomic E-state index is -4.18. The van der Waals surface area contributed by atoms with E-state index >= 15 is 0 Å². The van der Waals surface area contributed by atoms with Crippen molar-refractivity contribution in [3.63, 3.8) is 0 Å². The van der Waals surface area contributed by atoms with E-state index in [2.05, 4.69) is 0 Å². The minimum Gasteiger partial charge on any atom is -0.493 e. The summed E-state index contributed by atoms with van der Waals surface area (Å²) in [6, 6.07) is 8.05. The second-order valence-electron chi connectivity index (χ2n) is 8.27. The highest BCUT2D eigenvalue weighted by atomic mass is 31.2. The molecule has 0 saturated carbocycles. The molecule has 0 atom stereocenters. The molecule has 0 amide bonds. The van der Waals surface area contributed by atoms with Gasteiger partial charge in [-0.1, -0.05) is 18.2 Å². The summed E-state index contributed by atoms with van der Waals surface area (Å²) in [4.78, 5) is 0. The molecular formula is C25H32FN2O9P. The third-order valence-electron chi connectivity index (χ3n) is 5.69. The number of ether oxygens (including phenoxy) is 5. The molecular weight excluding hydrogens is 522 g/mol. The van der Waals surface area contributed by atoms with E-state index in [1.165, 1.54) is 37.5 Å². The normalized spacial score (nSPS) is 17.5. The Labute approximate surface area is 221 Å². The van der Waals surface area contributed by atoms with Gasteiger partial charge in [0, 0.05) is 26.2 Å². The summed E-state index contributed by atoms with van der Waals surface area (Å²) in [6.45, 7) is 3.33. The third-order valence-corrected chi connectivity index (χ3v) is 6.98. The van der Waals surface area contributed by atoms with Crippen LogP contribution < -0.4 is 18.7 Å². The number of halogens is 1. The van der Waals surface area contributed by atoms with Gasteiger partial charge in [-0.25, -0.2) is 8.96 Å². The Hall–Kier alpha value is -2.70. The quantitative estimate of drug-likeness (QED) is 0.297. The maximum absolute atomic E-state index is 14.4. The Kier molecular flexibility index (Phi) is 9.97. The Morgan fingerprint density at radius 1 is 0.763 bits per heavy atom. The maximum Gasteiger partial charge on any atom is 0.564 e. The second kappa shape index (κ2) is 13.4. The lowest BCUT2D eigenvalue weighted by atomic mass is 10.1. The van der Waals surface area contributed by atoms with Gasteiger partial charge in [-0.2, -0.15) is 19.4 Å². The highest BCUT2D eigenvalue weighted by Crippen LogP contribution is 2.53. The predicted molar refractivity (Wildman–Crippen MR) is 137 cm³/mol. The van der Waals surface area contributed by atoms with Crippen LogP contribution in [-0.4, -0.2) is 84.1 Å². The van der Waals surface area contributed by atoms with Crippen LogP contribution in [0.2, 0.25) is 0 Å². The Morgan fingerprint density at radius 3 is 1.87 bits per heavy atom. The van der Waals surface area contributed by atoms with Crippen LogP contribution in [0.4, 0.5) is 4.39 Å². The summed E-state index contributed by atoms with van der Waals surface area (Å²) in [7, 11) is 0.101. The number of benzene rings is 2. The average Bonchev–Trinajstić information content (AvgIpc) is 2.92. The lowest BCUT2D eigenvalue weighted by molar-refractivity contribution is -0.177. The predicted octanol–water partition coefficient (Wildman–Crippen LogP) is 4.04. The number of morpholine rings is 2. The molecule has 0 unspecified atom stereocenters. The lowest BCUT2D eigenvalue weighted by Crippen LogP contribution is -2.39. The van der Waals surface area contributed by atoms with Crippen molar-refractivity contribution in [1.29, 1.82) is 0 Å². The zero-order valence-corrected chi connectivity index (χ0v) is 22.5. The summed E-state index contributed by atoms with van der Waals surface area (Å²) in [5.74, 6) is 0.230. The zero-order valence-electron chi connectivity index (χ0n) is 21.6. The average molecular weight is 555 g/mol. The fourth-order valence-corrected chi connectivity index (χ4v) is 5.18. The van der Waals surface area contributed by atoms with Crippen molar-refractivity contribution in [1.82, 2.24) is 10.1 Å². The van der Waals surface area contributed by atoms with E-state index in [1.807, 2.05) is 0 Å². The van der Waals surface area contributed by atoms with E-state index in [4.69, 9.17) is 37.5 Å². The molecule has 2 aliphatic heterocycles. The van der Waals surface area contributed by atoms with Gasteiger partial charge in [-0.15, -0.1) is 0 Å². The smallest absolute Gasteiger partial charge is 0.493 e. The molecule has 2 fully saturated rings. The van der Waals surface area contributed by atoms with E-state index in [0.29, 0.717) is 69.5 Å². The highest BCUT2D eigenvalue weighted by molar-refractivity contribution is 7.48. The molecule has 11 nitrogen and oxygen atoms in total. The highest BCUT2D eigenvalue weighted by Gasteiger charge is 2.38. The minimum absolute atomic E-state index is 0.0288. The van der Waals surface area contributed by atoms with E-state index in [0.717, 1.165) is 0 Å².